The molecule has 8 heteroatoms. The van der Waals surface area contributed by atoms with Gasteiger partial charge in [0, 0.05) is 12.1 Å². The minimum absolute atomic E-state index is 0.0545. The quantitative estimate of drug-likeness (QED) is 0.373. The lowest BCUT2D eigenvalue weighted by atomic mass is 10.1. The summed E-state index contributed by atoms with van der Waals surface area (Å²) in [4.78, 5) is 14.3. The Morgan fingerprint density at radius 1 is 1.28 bits per heavy atom. The SMILES string of the molecule is CSc1nccc(-c2sc(C3CC3)nc2-c2c(Cl)ccc(N)c2F)n1. The smallest absolute Gasteiger partial charge is 0.187 e. The number of rotatable bonds is 4. The van der Waals surface area contributed by atoms with Crippen molar-refractivity contribution >= 4 is 40.4 Å². The van der Waals surface area contributed by atoms with Gasteiger partial charge in [0.25, 0.3) is 0 Å². The normalized spacial score (nSPS) is 14.0. The van der Waals surface area contributed by atoms with Crippen molar-refractivity contribution < 1.29 is 4.39 Å². The molecule has 128 valence electrons. The van der Waals surface area contributed by atoms with Crippen LogP contribution in [-0.2, 0) is 0 Å². The van der Waals surface area contributed by atoms with Crippen LogP contribution in [0.3, 0.4) is 0 Å². The van der Waals surface area contributed by atoms with Crippen LogP contribution < -0.4 is 5.73 Å². The van der Waals surface area contributed by atoms with E-state index in [1.54, 1.807) is 23.6 Å². The lowest BCUT2D eigenvalue weighted by Gasteiger charge is -2.08. The van der Waals surface area contributed by atoms with Gasteiger partial charge in [0.2, 0.25) is 0 Å². The van der Waals surface area contributed by atoms with Gasteiger partial charge in [-0.05, 0) is 37.3 Å². The van der Waals surface area contributed by atoms with Crippen LogP contribution in [0, 0.1) is 5.82 Å². The summed E-state index contributed by atoms with van der Waals surface area (Å²) in [6.45, 7) is 0. The largest absolute Gasteiger partial charge is 0.396 e. The van der Waals surface area contributed by atoms with Crippen LogP contribution in [0.4, 0.5) is 10.1 Å². The first-order valence-corrected chi connectivity index (χ1v) is 10.1. The monoisotopic (exact) mass is 392 g/mol. The van der Waals surface area contributed by atoms with E-state index in [4.69, 9.17) is 22.3 Å². The Kier molecular flexibility index (Phi) is 4.39. The van der Waals surface area contributed by atoms with Crippen molar-refractivity contribution in [3.05, 3.63) is 40.2 Å². The molecule has 4 nitrogen and oxygen atoms in total. The minimum atomic E-state index is -0.541. The molecule has 1 fully saturated rings. The standard InChI is InChI=1S/C17H14ClFN4S2/c1-24-17-21-7-6-11(22-17)15-14(23-16(25-15)8-2-3-8)12-9(18)4-5-10(20)13(12)19/h4-8H,2-3,20H2,1H3. The second kappa shape index (κ2) is 6.55. The van der Waals surface area contributed by atoms with Crippen molar-refractivity contribution in [2.24, 2.45) is 0 Å². The molecule has 0 radical (unpaired) electrons. The van der Waals surface area contributed by atoms with E-state index in [9.17, 15) is 4.39 Å². The average molecular weight is 393 g/mol. The van der Waals surface area contributed by atoms with Crippen LogP contribution in [0.15, 0.2) is 29.6 Å². The fraction of sp³-hybridized carbons (Fsp3) is 0.235. The molecule has 25 heavy (non-hydrogen) atoms. The molecule has 0 aliphatic heterocycles. The summed E-state index contributed by atoms with van der Waals surface area (Å²) in [6.07, 6.45) is 5.83. The predicted octanol–water partition coefficient (Wildman–Crippen LogP) is 5.24. The minimum Gasteiger partial charge on any atom is -0.396 e. The lowest BCUT2D eigenvalue weighted by molar-refractivity contribution is 0.635. The second-order valence-electron chi connectivity index (χ2n) is 5.76. The Bertz CT molecular complexity index is 956. The molecule has 3 aromatic rings. The molecule has 0 amide bonds. The Labute approximate surface area is 157 Å². The molecule has 0 atom stereocenters. The summed E-state index contributed by atoms with van der Waals surface area (Å²) in [6, 6.07) is 4.87. The third kappa shape index (κ3) is 3.12. The van der Waals surface area contributed by atoms with E-state index < -0.39 is 5.82 Å². The van der Waals surface area contributed by atoms with E-state index >= 15 is 0 Å². The molecule has 1 aliphatic carbocycles. The molecule has 4 rings (SSSR count). The zero-order valence-corrected chi connectivity index (χ0v) is 15.7. The summed E-state index contributed by atoms with van der Waals surface area (Å²) in [7, 11) is 0. The molecule has 1 saturated carbocycles. The topological polar surface area (TPSA) is 64.7 Å². The fourth-order valence-corrected chi connectivity index (χ4v) is 4.34. The van der Waals surface area contributed by atoms with Gasteiger partial charge in [-0.15, -0.1) is 11.3 Å². The van der Waals surface area contributed by atoms with Crippen molar-refractivity contribution in [1.82, 2.24) is 15.0 Å². The van der Waals surface area contributed by atoms with E-state index in [0.717, 1.165) is 28.4 Å². The van der Waals surface area contributed by atoms with E-state index in [1.807, 2.05) is 12.3 Å². The molecule has 2 aromatic heterocycles. The summed E-state index contributed by atoms with van der Waals surface area (Å²) in [5.41, 5.74) is 7.27. The number of aromatic nitrogens is 3. The van der Waals surface area contributed by atoms with E-state index in [-0.39, 0.29) is 11.3 Å². The van der Waals surface area contributed by atoms with Crippen LogP contribution in [0.5, 0.6) is 0 Å². The van der Waals surface area contributed by atoms with Crippen molar-refractivity contribution in [3.63, 3.8) is 0 Å². The van der Waals surface area contributed by atoms with Crippen molar-refractivity contribution in [3.8, 4) is 21.8 Å². The number of anilines is 1. The molecule has 0 unspecified atom stereocenters. The fourth-order valence-electron chi connectivity index (χ4n) is 2.54. The van der Waals surface area contributed by atoms with Crippen molar-refractivity contribution in [1.29, 1.82) is 0 Å². The number of hydrogen-bond acceptors (Lipinski definition) is 6. The third-order valence-corrected chi connectivity index (χ3v) is 6.09. The molecule has 0 saturated heterocycles. The van der Waals surface area contributed by atoms with Gasteiger partial charge in [0.05, 0.1) is 37.5 Å². The van der Waals surface area contributed by atoms with Crippen molar-refractivity contribution in [2.75, 3.05) is 12.0 Å². The average Bonchev–Trinajstić information content (AvgIpc) is 3.39. The van der Waals surface area contributed by atoms with Crippen LogP contribution >= 0.6 is 34.7 Å². The molecule has 2 N–H and O–H groups in total. The van der Waals surface area contributed by atoms with E-state index in [0.29, 0.717) is 21.8 Å². The first-order chi connectivity index (χ1) is 12.1. The molecule has 2 heterocycles. The van der Waals surface area contributed by atoms with Gasteiger partial charge in [-0.25, -0.2) is 19.3 Å². The Morgan fingerprint density at radius 2 is 2.08 bits per heavy atom. The zero-order chi connectivity index (χ0) is 17.6. The summed E-state index contributed by atoms with van der Waals surface area (Å²) >= 11 is 9.29. The second-order valence-corrected chi connectivity index (χ2v) is 7.97. The van der Waals surface area contributed by atoms with E-state index in [1.165, 1.54) is 17.8 Å². The van der Waals surface area contributed by atoms with Gasteiger partial charge in [0.1, 0.15) is 0 Å². The van der Waals surface area contributed by atoms with E-state index in [2.05, 4.69) is 9.97 Å². The Hall–Kier alpha value is -1.70. The molecule has 1 aromatic carbocycles. The van der Waals surface area contributed by atoms with Gasteiger partial charge in [-0.2, -0.15) is 0 Å². The van der Waals surface area contributed by atoms with Gasteiger partial charge in [-0.1, -0.05) is 23.4 Å². The van der Waals surface area contributed by atoms with Gasteiger partial charge in [0.15, 0.2) is 11.0 Å². The molecule has 1 aliphatic rings. The van der Waals surface area contributed by atoms with Crippen LogP contribution in [-0.4, -0.2) is 21.2 Å². The maximum atomic E-state index is 14.7. The Balaban J connectivity index is 1.95. The number of halogens is 2. The lowest BCUT2D eigenvalue weighted by Crippen LogP contribution is -1.96. The maximum Gasteiger partial charge on any atom is 0.187 e. The number of nitrogen functional groups attached to an aromatic ring is 1. The first-order valence-electron chi connectivity index (χ1n) is 7.70. The van der Waals surface area contributed by atoms with Crippen LogP contribution in [0.1, 0.15) is 23.8 Å². The molecule has 0 bridgehead atoms. The summed E-state index contributed by atoms with van der Waals surface area (Å²) < 4.78 is 14.7. The number of benzene rings is 1. The van der Waals surface area contributed by atoms with Crippen molar-refractivity contribution in [2.45, 2.75) is 23.9 Å². The van der Waals surface area contributed by atoms with Gasteiger partial charge in [-0.3, -0.25) is 0 Å². The Morgan fingerprint density at radius 3 is 2.80 bits per heavy atom. The predicted molar refractivity (Wildman–Crippen MR) is 102 cm³/mol. The number of nitrogens with two attached hydrogens (primary N) is 1. The highest BCUT2D eigenvalue weighted by Crippen LogP contribution is 2.48. The maximum absolute atomic E-state index is 14.7. The first kappa shape index (κ1) is 16.8. The number of hydrogen-bond donors (Lipinski definition) is 1. The summed E-state index contributed by atoms with van der Waals surface area (Å²) in [5, 5.41) is 1.94. The zero-order valence-electron chi connectivity index (χ0n) is 13.3. The molecular weight excluding hydrogens is 379 g/mol. The molecular formula is C17H14ClFN4S2. The number of thioether (sulfide) groups is 1. The molecule has 0 spiro atoms. The van der Waals surface area contributed by atoms with Gasteiger partial charge >= 0.3 is 0 Å². The number of thiazole rings is 1. The highest BCUT2D eigenvalue weighted by atomic mass is 35.5. The third-order valence-electron chi connectivity index (χ3n) is 3.98. The number of nitrogens with zero attached hydrogens (tertiary/aromatic N) is 3. The summed E-state index contributed by atoms with van der Waals surface area (Å²) in [5.74, 6) is -0.0946. The van der Waals surface area contributed by atoms with Crippen LogP contribution in [0.2, 0.25) is 5.02 Å². The highest BCUT2D eigenvalue weighted by molar-refractivity contribution is 7.98. The van der Waals surface area contributed by atoms with Crippen LogP contribution in [0.25, 0.3) is 21.8 Å². The van der Waals surface area contributed by atoms with Gasteiger partial charge < -0.3 is 5.73 Å². The highest BCUT2D eigenvalue weighted by Gasteiger charge is 2.31.